The molecule has 74 valence electrons. The summed E-state index contributed by atoms with van der Waals surface area (Å²) in [5.41, 5.74) is 8.85. The number of hydrogen-bond donors (Lipinski definition) is 0. The topological polar surface area (TPSA) is 70.9 Å². The first kappa shape index (κ1) is 10.3. The second kappa shape index (κ2) is 5.09. The van der Waals surface area contributed by atoms with Gasteiger partial charge in [-0.1, -0.05) is 11.2 Å². The van der Waals surface area contributed by atoms with Crippen molar-refractivity contribution in [2.24, 2.45) is 5.11 Å². The molecule has 0 aliphatic heterocycles. The zero-order valence-electron chi connectivity index (χ0n) is 8.21. The van der Waals surface area contributed by atoms with Gasteiger partial charge in [-0.3, -0.25) is 0 Å². The Balaban J connectivity index is 2.73. The molecule has 1 aromatic rings. The summed E-state index contributed by atoms with van der Waals surface area (Å²) >= 11 is 0. The fourth-order valence-corrected chi connectivity index (χ4v) is 0.957. The SMILES string of the molecule is CC(C)Oc1cccc(CN=[N+]=[N-])n1. The van der Waals surface area contributed by atoms with Crippen molar-refractivity contribution in [3.05, 3.63) is 34.3 Å². The Kier molecular flexibility index (Phi) is 3.76. The third-order valence-corrected chi connectivity index (χ3v) is 1.43. The Morgan fingerprint density at radius 3 is 3.00 bits per heavy atom. The number of nitrogens with zero attached hydrogens (tertiary/aromatic N) is 4. The van der Waals surface area contributed by atoms with E-state index in [2.05, 4.69) is 15.0 Å². The van der Waals surface area contributed by atoms with Crippen LogP contribution >= 0.6 is 0 Å². The zero-order chi connectivity index (χ0) is 10.4. The van der Waals surface area contributed by atoms with E-state index >= 15 is 0 Å². The van der Waals surface area contributed by atoms with Crippen molar-refractivity contribution in [1.82, 2.24) is 4.98 Å². The van der Waals surface area contributed by atoms with Crippen molar-refractivity contribution in [1.29, 1.82) is 0 Å². The summed E-state index contributed by atoms with van der Waals surface area (Å²) in [7, 11) is 0. The van der Waals surface area contributed by atoms with Gasteiger partial charge in [0.2, 0.25) is 5.88 Å². The first-order valence-corrected chi connectivity index (χ1v) is 4.36. The molecule has 1 rings (SSSR count). The van der Waals surface area contributed by atoms with Crippen LogP contribution in [-0.2, 0) is 6.54 Å². The maximum absolute atomic E-state index is 8.14. The Morgan fingerprint density at radius 2 is 2.36 bits per heavy atom. The van der Waals surface area contributed by atoms with Gasteiger partial charge in [-0.15, -0.1) is 0 Å². The van der Waals surface area contributed by atoms with Crippen molar-refractivity contribution >= 4 is 0 Å². The summed E-state index contributed by atoms with van der Waals surface area (Å²) in [4.78, 5) is 6.83. The maximum atomic E-state index is 8.14. The molecule has 0 amide bonds. The van der Waals surface area contributed by atoms with Gasteiger partial charge in [-0.05, 0) is 25.4 Å². The highest BCUT2D eigenvalue weighted by Gasteiger charge is 1.99. The van der Waals surface area contributed by atoms with Crippen LogP contribution < -0.4 is 4.74 Å². The minimum atomic E-state index is 0.0946. The molecule has 0 aromatic carbocycles. The molecule has 0 bridgehead atoms. The number of pyridine rings is 1. The molecule has 0 aliphatic rings. The summed E-state index contributed by atoms with van der Waals surface area (Å²) in [5.74, 6) is 0.561. The van der Waals surface area contributed by atoms with Crippen molar-refractivity contribution in [3.8, 4) is 5.88 Å². The molecular formula is C9H12N4O. The molecule has 0 unspecified atom stereocenters. The molecule has 0 saturated carbocycles. The van der Waals surface area contributed by atoms with Crippen molar-refractivity contribution in [2.45, 2.75) is 26.5 Å². The van der Waals surface area contributed by atoms with Crippen molar-refractivity contribution < 1.29 is 4.74 Å². The summed E-state index contributed by atoms with van der Waals surface area (Å²) in [5, 5.41) is 3.42. The molecule has 0 atom stereocenters. The fourth-order valence-electron chi connectivity index (χ4n) is 0.957. The van der Waals surface area contributed by atoms with E-state index < -0.39 is 0 Å². The normalized spacial score (nSPS) is 9.64. The molecule has 1 aromatic heterocycles. The van der Waals surface area contributed by atoms with Crippen LogP contribution in [0.5, 0.6) is 5.88 Å². The Morgan fingerprint density at radius 1 is 1.57 bits per heavy atom. The lowest BCUT2D eigenvalue weighted by Gasteiger charge is -2.08. The standard InChI is InChI=1S/C9H12N4O/c1-7(2)14-9-5-3-4-8(12-9)6-11-13-10/h3-5,7H,6H2,1-2H3. The highest BCUT2D eigenvalue weighted by Crippen LogP contribution is 2.10. The van der Waals surface area contributed by atoms with Gasteiger partial charge in [0.15, 0.2) is 0 Å². The fraction of sp³-hybridized carbons (Fsp3) is 0.444. The van der Waals surface area contributed by atoms with Crippen LogP contribution in [-0.4, -0.2) is 11.1 Å². The number of hydrogen-bond acceptors (Lipinski definition) is 3. The highest BCUT2D eigenvalue weighted by atomic mass is 16.5. The minimum Gasteiger partial charge on any atom is -0.475 e. The molecule has 0 aliphatic carbocycles. The van der Waals surface area contributed by atoms with Crippen molar-refractivity contribution in [2.75, 3.05) is 0 Å². The Bertz CT molecular complexity index is 344. The molecular weight excluding hydrogens is 180 g/mol. The first-order valence-electron chi connectivity index (χ1n) is 4.36. The van der Waals surface area contributed by atoms with Gasteiger partial charge in [0.05, 0.1) is 18.3 Å². The number of rotatable bonds is 4. The van der Waals surface area contributed by atoms with E-state index in [1.165, 1.54) is 0 Å². The van der Waals surface area contributed by atoms with Crippen LogP contribution in [0.2, 0.25) is 0 Å². The quantitative estimate of drug-likeness (QED) is 0.418. The van der Waals surface area contributed by atoms with Gasteiger partial charge in [0, 0.05) is 11.0 Å². The molecule has 0 fully saturated rings. The molecule has 0 spiro atoms. The lowest BCUT2D eigenvalue weighted by molar-refractivity contribution is 0.232. The largest absolute Gasteiger partial charge is 0.475 e. The summed E-state index contributed by atoms with van der Waals surface area (Å²) in [6.07, 6.45) is 0.0946. The van der Waals surface area contributed by atoms with E-state index in [0.717, 1.165) is 0 Å². The second-order valence-electron chi connectivity index (χ2n) is 3.02. The predicted octanol–water partition coefficient (Wildman–Crippen LogP) is 2.68. The third kappa shape index (κ3) is 3.33. The maximum Gasteiger partial charge on any atom is 0.213 e. The average molecular weight is 192 g/mol. The van der Waals surface area contributed by atoms with Gasteiger partial charge in [0.1, 0.15) is 0 Å². The predicted molar refractivity (Wildman–Crippen MR) is 52.9 cm³/mol. The van der Waals surface area contributed by atoms with Crippen LogP contribution in [0, 0.1) is 0 Å². The van der Waals surface area contributed by atoms with Crippen LogP contribution in [0.25, 0.3) is 10.4 Å². The van der Waals surface area contributed by atoms with E-state index in [4.69, 9.17) is 10.3 Å². The smallest absolute Gasteiger partial charge is 0.213 e. The average Bonchev–Trinajstić information content (AvgIpc) is 2.14. The van der Waals surface area contributed by atoms with Gasteiger partial charge in [-0.2, -0.15) is 0 Å². The van der Waals surface area contributed by atoms with Gasteiger partial charge >= 0.3 is 0 Å². The third-order valence-electron chi connectivity index (χ3n) is 1.43. The van der Waals surface area contributed by atoms with Crippen LogP contribution in [0.4, 0.5) is 0 Å². The molecule has 0 radical (unpaired) electrons. The molecule has 5 nitrogen and oxygen atoms in total. The lowest BCUT2D eigenvalue weighted by atomic mass is 10.3. The summed E-state index contributed by atoms with van der Waals surface area (Å²) in [6, 6.07) is 5.40. The first-order chi connectivity index (χ1) is 6.72. The monoisotopic (exact) mass is 192 g/mol. The van der Waals surface area contributed by atoms with Crippen LogP contribution in [0.1, 0.15) is 19.5 Å². The lowest BCUT2D eigenvalue weighted by Crippen LogP contribution is -2.07. The van der Waals surface area contributed by atoms with Gasteiger partial charge in [0.25, 0.3) is 0 Å². The van der Waals surface area contributed by atoms with E-state index in [-0.39, 0.29) is 12.6 Å². The van der Waals surface area contributed by atoms with Crippen LogP contribution in [0.15, 0.2) is 23.3 Å². The van der Waals surface area contributed by atoms with Crippen LogP contribution in [0.3, 0.4) is 0 Å². The molecule has 5 heteroatoms. The highest BCUT2D eigenvalue weighted by molar-refractivity contribution is 5.15. The number of aromatic nitrogens is 1. The molecule has 0 N–H and O–H groups in total. The summed E-state index contributed by atoms with van der Waals surface area (Å²) < 4.78 is 5.39. The minimum absolute atomic E-state index is 0.0946. The zero-order valence-corrected chi connectivity index (χ0v) is 8.21. The molecule has 1 heterocycles. The van der Waals surface area contributed by atoms with E-state index in [9.17, 15) is 0 Å². The Hall–Kier alpha value is -1.74. The summed E-state index contributed by atoms with van der Waals surface area (Å²) in [6.45, 7) is 4.12. The van der Waals surface area contributed by atoms with Gasteiger partial charge < -0.3 is 4.74 Å². The van der Waals surface area contributed by atoms with E-state index in [1.54, 1.807) is 12.1 Å². The van der Waals surface area contributed by atoms with E-state index in [1.807, 2.05) is 19.9 Å². The van der Waals surface area contributed by atoms with E-state index in [0.29, 0.717) is 11.6 Å². The Labute approximate surface area is 82.4 Å². The molecule has 14 heavy (non-hydrogen) atoms. The second-order valence-corrected chi connectivity index (χ2v) is 3.02. The van der Waals surface area contributed by atoms with Gasteiger partial charge in [-0.25, -0.2) is 4.98 Å². The van der Waals surface area contributed by atoms with Crippen molar-refractivity contribution in [3.63, 3.8) is 0 Å². The number of ether oxygens (including phenoxy) is 1. The molecule has 0 saturated heterocycles. The number of azide groups is 1.